The summed E-state index contributed by atoms with van der Waals surface area (Å²) in [6.07, 6.45) is 1.79. The van der Waals surface area contributed by atoms with Crippen LogP contribution in [0.15, 0.2) is 41.0 Å². The van der Waals surface area contributed by atoms with E-state index in [-0.39, 0.29) is 6.04 Å². The van der Waals surface area contributed by atoms with Gasteiger partial charge in [0, 0.05) is 29.0 Å². The molecule has 1 atom stereocenters. The van der Waals surface area contributed by atoms with E-state index in [1.807, 2.05) is 18.2 Å². The first-order valence-electron chi connectivity index (χ1n) is 6.36. The van der Waals surface area contributed by atoms with Gasteiger partial charge in [0.25, 0.3) is 0 Å². The zero-order valence-electron chi connectivity index (χ0n) is 11.6. The Labute approximate surface area is 127 Å². The van der Waals surface area contributed by atoms with Crippen LogP contribution in [0, 0.1) is 6.92 Å². The Kier molecular flexibility index (Phi) is 4.98. The number of hydrogen-bond donors (Lipinski definition) is 2. The van der Waals surface area contributed by atoms with Gasteiger partial charge >= 0.3 is 0 Å². The summed E-state index contributed by atoms with van der Waals surface area (Å²) < 4.78 is 6.11. The van der Waals surface area contributed by atoms with Crippen LogP contribution in [0.2, 0.25) is 0 Å². The molecule has 106 valence electrons. The van der Waals surface area contributed by atoms with E-state index < -0.39 is 0 Å². The number of aryl methyl sites for hydroxylation is 1. The molecule has 0 bridgehead atoms. The molecule has 0 fully saturated rings. The minimum absolute atomic E-state index is 0.0158. The number of benzene rings is 1. The zero-order chi connectivity index (χ0) is 14.5. The van der Waals surface area contributed by atoms with Crippen LogP contribution in [0.1, 0.15) is 17.2 Å². The average Bonchev–Trinajstić information content (AvgIpc) is 2.44. The third-order valence-electron chi connectivity index (χ3n) is 2.99. The molecule has 0 aliphatic rings. The SMILES string of the molecule is COc1ccc(C(CN)Nc2cc(C)cc(Br)c2)cn1. The number of aromatic nitrogens is 1. The van der Waals surface area contributed by atoms with Crippen LogP contribution < -0.4 is 15.8 Å². The number of hydrogen-bond acceptors (Lipinski definition) is 4. The zero-order valence-corrected chi connectivity index (χ0v) is 13.1. The number of rotatable bonds is 5. The number of pyridine rings is 1. The van der Waals surface area contributed by atoms with Crippen LogP contribution in [0.4, 0.5) is 5.69 Å². The Morgan fingerprint density at radius 2 is 2.15 bits per heavy atom. The second kappa shape index (κ2) is 6.72. The Morgan fingerprint density at radius 1 is 1.35 bits per heavy atom. The van der Waals surface area contributed by atoms with Crippen LogP contribution in [-0.2, 0) is 0 Å². The molecule has 3 N–H and O–H groups in total. The minimum atomic E-state index is 0.0158. The number of nitrogens with zero attached hydrogens (tertiary/aromatic N) is 1. The quantitative estimate of drug-likeness (QED) is 0.880. The first-order valence-corrected chi connectivity index (χ1v) is 7.15. The second-order valence-corrected chi connectivity index (χ2v) is 5.50. The number of anilines is 1. The van der Waals surface area contributed by atoms with E-state index in [9.17, 15) is 0 Å². The van der Waals surface area contributed by atoms with Gasteiger partial charge in [0.1, 0.15) is 0 Å². The number of halogens is 1. The lowest BCUT2D eigenvalue weighted by Gasteiger charge is -2.19. The van der Waals surface area contributed by atoms with Crippen LogP contribution >= 0.6 is 15.9 Å². The van der Waals surface area contributed by atoms with Gasteiger partial charge < -0.3 is 15.8 Å². The minimum Gasteiger partial charge on any atom is -0.481 e. The molecule has 1 unspecified atom stereocenters. The molecule has 0 amide bonds. The second-order valence-electron chi connectivity index (χ2n) is 4.58. The third-order valence-corrected chi connectivity index (χ3v) is 3.45. The molecular weight excluding hydrogens is 318 g/mol. The van der Waals surface area contributed by atoms with Crippen molar-refractivity contribution in [2.45, 2.75) is 13.0 Å². The van der Waals surface area contributed by atoms with Gasteiger partial charge in [-0.3, -0.25) is 0 Å². The smallest absolute Gasteiger partial charge is 0.212 e. The van der Waals surface area contributed by atoms with Gasteiger partial charge in [0.2, 0.25) is 5.88 Å². The molecule has 1 heterocycles. The highest BCUT2D eigenvalue weighted by atomic mass is 79.9. The molecule has 0 saturated carbocycles. The largest absolute Gasteiger partial charge is 0.481 e. The maximum Gasteiger partial charge on any atom is 0.212 e. The van der Waals surface area contributed by atoms with E-state index in [4.69, 9.17) is 10.5 Å². The molecule has 1 aromatic heterocycles. The fourth-order valence-electron chi connectivity index (χ4n) is 2.02. The highest BCUT2D eigenvalue weighted by Gasteiger charge is 2.10. The molecule has 0 radical (unpaired) electrons. The predicted molar refractivity (Wildman–Crippen MR) is 85.1 cm³/mol. The summed E-state index contributed by atoms with van der Waals surface area (Å²) in [6.45, 7) is 2.54. The van der Waals surface area contributed by atoms with Crippen LogP contribution in [0.25, 0.3) is 0 Å². The van der Waals surface area contributed by atoms with Crippen molar-refractivity contribution in [2.75, 3.05) is 19.0 Å². The monoisotopic (exact) mass is 335 g/mol. The van der Waals surface area contributed by atoms with Crippen LogP contribution in [0.5, 0.6) is 5.88 Å². The highest BCUT2D eigenvalue weighted by molar-refractivity contribution is 9.10. The standard InChI is InChI=1S/C15H18BrN3O/c1-10-5-12(16)7-13(6-10)19-14(8-17)11-3-4-15(20-2)18-9-11/h3-7,9,14,19H,8,17H2,1-2H3. The summed E-state index contributed by atoms with van der Waals surface area (Å²) in [6, 6.07) is 10.0. The van der Waals surface area contributed by atoms with Crippen molar-refractivity contribution in [1.29, 1.82) is 0 Å². The number of ether oxygens (including phenoxy) is 1. The summed E-state index contributed by atoms with van der Waals surface area (Å²) >= 11 is 3.50. The first kappa shape index (κ1) is 14.8. The van der Waals surface area contributed by atoms with E-state index in [0.29, 0.717) is 12.4 Å². The van der Waals surface area contributed by atoms with E-state index in [1.54, 1.807) is 13.3 Å². The molecule has 2 aromatic rings. The Bertz CT molecular complexity index is 552. The number of nitrogens with two attached hydrogens (primary N) is 1. The normalized spacial score (nSPS) is 12.0. The van der Waals surface area contributed by atoms with Crippen molar-refractivity contribution >= 4 is 21.6 Å². The van der Waals surface area contributed by atoms with Gasteiger partial charge in [0.15, 0.2) is 0 Å². The van der Waals surface area contributed by atoms with Gasteiger partial charge in [-0.25, -0.2) is 4.98 Å². The lowest BCUT2D eigenvalue weighted by atomic mass is 10.1. The van der Waals surface area contributed by atoms with Gasteiger partial charge in [-0.2, -0.15) is 0 Å². The first-order chi connectivity index (χ1) is 9.62. The number of methoxy groups -OCH3 is 1. The fourth-order valence-corrected chi connectivity index (χ4v) is 2.63. The van der Waals surface area contributed by atoms with Crippen molar-refractivity contribution in [3.8, 4) is 5.88 Å². The fraction of sp³-hybridized carbons (Fsp3) is 0.267. The summed E-state index contributed by atoms with van der Waals surface area (Å²) in [5, 5.41) is 3.43. The molecule has 20 heavy (non-hydrogen) atoms. The summed E-state index contributed by atoms with van der Waals surface area (Å²) in [5.41, 5.74) is 9.12. The van der Waals surface area contributed by atoms with Crippen molar-refractivity contribution in [1.82, 2.24) is 4.98 Å². The molecule has 4 nitrogen and oxygen atoms in total. The van der Waals surface area contributed by atoms with Crippen LogP contribution in [-0.4, -0.2) is 18.6 Å². The van der Waals surface area contributed by atoms with Gasteiger partial charge in [0.05, 0.1) is 13.2 Å². The van der Waals surface area contributed by atoms with Crippen LogP contribution in [0.3, 0.4) is 0 Å². The van der Waals surface area contributed by atoms with Crippen molar-refractivity contribution < 1.29 is 4.74 Å². The van der Waals surface area contributed by atoms with E-state index in [1.165, 1.54) is 5.56 Å². The van der Waals surface area contributed by atoms with Gasteiger partial charge in [-0.05, 0) is 36.2 Å². The predicted octanol–water partition coefficient (Wildman–Crippen LogP) is 3.27. The molecule has 0 aliphatic heterocycles. The molecule has 0 saturated heterocycles. The number of nitrogens with one attached hydrogen (secondary N) is 1. The summed E-state index contributed by atoms with van der Waals surface area (Å²) in [5.74, 6) is 0.600. The molecule has 0 spiro atoms. The average molecular weight is 336 g/mol. The molecule has 2 rings (SSSR count). The summed E-state index contributed by atoms with van der Waals surface area (Å²) in [4.78, 5) is 4.22. The van der Waals surface area contributed by atoms with E-state index in [2.05, 4.69) is 45.3 Å². The van der Waals surface area contributed by atoms with Crippen molar-refractivity contribution in [2.24, 2.45) is 5.73 Å². The molecule has 1 aromatic carbocycles. The Morgan fingerprint density at radius 3 is 2.70 bits per heavy atom. The third kappa shape index (κ3) is 3.71. The lowest BCUT2D eigenvalue weighted by molar-refractivity contribution is 0.397. The maximum absolute atomic E-state index is 5.87. The molecule has 0 aliphatic carbocycles. The molecular formula is C15H18BrN3O. The maximum atomic E-state index is 5.87. The molecule has 5 heteroatoms. The lowest BCUT2D eigenvalue weighted by Crippen LogP contribution is -2.20. The van der Waals surface area contributed by atoms with Crippen molar-refractivity contribution in [3.63, 3.8) is 0 Å². The van der Waals surface area contributed by atoms with E-state index in [0.717, 1.165) is 15.7 Å². The Balaban J connectivity index is 2.19. The topological polar surface area (TPSA) is 60.2 Å². The van der Waals surface area contributed by atoms with E-state index >= 15 is 0 Å². The van der Waals surface area contributed by atoms with Gasteiger partial charge in [-0.1, -0.05) is 22.0 Å². The Hall–Kier alpha value is -1.59. The van der Waals surface area contributed by atoms with Gasteiger partial charge in [-0.15, -0.1) is 0 Å². The van der Waals surface area contributed by atoms with Crippen molar-refractivity contribution in [3.05, 3.63) is 52.1 Å². The highest BCUT2D eigenvalue weighted by Crippen LogP contribution is 2.24. The summed E-state index contributed by atoms with van der Waals surface area (Å²) in [7, 11) is 1.60.